The number of rotatable bonds is 2. The lowest BCUT2D eigenvalue weighted by Crippen LogP contribution is -2.00. The first-order valence-electron chi connectivity index (χ1n) is 3.43. The van der Waals surface area contributed by atoms with Gasteiger partial charge in [-0.3, -0.25) is 0 Å². The quantitative estimate of drug-likeness (QED) is 0.644. The standard InChI is InChI=1S/C7H8F2N2O2/c8-6(9)4-1-3(2-12)5(13)7(10)11-4/h1,6,12-13H,2H2,(H2,10,11). The summed E-state index contributed by atoms with van der Waals surface area (Å²) in [7, 11) is 0. The van der Waals surface area contributed by atoms with Gasteiger partial charge in [0.05, 0.1) is 6.61 Å². The normalized spacial score (nSPS) is 10.8. The molecule has 0 radical (unpaired) electrons. The molecule has 0 aliphatic heterocycles. The van der Waals surface area contributed by atoms with Gasteiger partial charge in [-0.25, -0.2) is 13.8 Å². The van der Waals surface area contributed by atoms with Crippen molar-refractivity contribution in [3.05, 3.63) is 17.3 Å². The fourth-order valence-electron chi connectivity index (χ4n) is 0.868. The lowest BCUT2D eigenvalue weighted by atomic mass is 10.2. The first-order chi connectivity index (χ1) is 6.06. The lowest BCUT2D eigenvalue weighted by Gasteiger charge is -2.06. The van der Waals surface area contributed by atoms with Crippen LogP contribution in [0.25, 0.3) is 0 Å². The van der Waals surface area contributed by atoms with E-state index in [1.807, 2.05) is 0 Å². The minimum absolute atomic E-state index is 0.0530. The molecule has 0 aliphatic carbocycles. The summed E-state index contributed by atoms with van der Waals surface area (Å²) >= 11 is 0. The maximum absolute atomic E-state index is 12.1. The molecule has 6 heteroatoms. The Labute approximate surface area is 72.6 Å². The molecule has 4 N–H and O–H groups in total. The van der Waals surface area contributed by atoms with Gasteiger partial charge in [-0.15, -0.1) is 0 Å². The van der Waals surface area contributed by atoms with Crippen LogP contribution in [0, 0.1) is 0 Å². The zero-order valence-corrected chi connectivity index (χ0v) is 6.54. The Bertz CT molecular complexity index is 318. The number of alkyl halides is 2. The number of nitrogens with two attached hydrogens (primary N) is 1. The molecular formula is C7H8F2N2O2. The summed E-state index contributed by atoms with van der Waals surface area (Å²) < 4.78 is 24.2. The summed E-state index contributed by atoms with van der Waals surface area (Å²) in [5.41, 5.74) is 4.52. The topological polar surface area (TPSA) is 79.4 Å². The van der Waals surface area contributed by atoms with Gasteiger partial charge in [-0.1, -0.05) is 0 Å². The van der Waals surface area contributed by atoms with Crippen molar-refractivity contribution in [1.29, 1.82) is 0 Å². The van der Waals surface area contributed by atoms with Gasteiger partial charge < -0.3 is 15.9 Å². The minimum Gasteiger partial charge on any atom is -0.504 e. The molecule has 0 fully saturated rings. The minimum atomic E-state index is -2.77. The maximum atomic E-state index is 12.1. The van der Waals surface area contributed by atoms with E-state index in [0.29, 0.717) is 0 Å². The highest BCUT2D eigenvalue weighted by atomic mass is 19.3. The van der Waals surface area contributed by atoms with Gasteiger partial charge >= 0.3 is 0 Å². The first-order valence-corrected chi connectivity index (χ1v) is 3.43. The van der Waals surface area contributed by atoms with Crippen molar-refractivity contribution in [2.75, 3.05) is 5.73 Å². The molecule has 1 heterocycles. The van der Waals surface area contributed by atoms with Crippen molar-refractivity contribution in [3.8, 4) is 5.75 Å². The number of nitrogens with zero attached hydrogens (tertiary/aromatic N) is 1. The average Bonchev–Trinajstić information content (AvgIpc) is 2.09. The van der Waals surface area contributed by atoms with Crippen LogP contribution in [0.3, 0.4) is 0 Å². The van der Waals surface area contributed by atoms with E-state index in [0.717, 1.165) is 6.07 Å². The Morgan fingerprint density at radius 2 is 2.15 bits per heavy atom. The molecule has 0 bridgehead atoms. The monoisotopic (exact) mass is 190 g/mol. The highest BCUT2D eigenvalue weighted by molar-refractivity contribution is 5.51. The predicted molar refractivity (Wildman–Crippen MR) is 41.2 cm³/mol. The summed E-state index contributed by atoms with van der Waals surface area (Å²) in [6.07, 6.45) is -2.77. The van der Waals surface area contributed by atoms with Gasteiger partial charge in [0.1, 0.15) is 5.69 Å². The highest BCUT2D eigenvalue weighted by Crippen LogP contribution is 2.27. The third kappa shape index (κ3) is 1.83. The summed E-state index contributed by atoms with van der Waals surface area (Å²) in [5.74, 6) is -0.853. The van der Waals surface area contributed by atoms with Crippen LogP contribution in [0.5, 0.6) is 5.75 Å². The van der Waals surface area contributed by atoms with E-state index in [-0.39, 0.29) is 5.56 Å². The molecule has 4 nitrogen and oxygen atoms in total. The third-order valence-electron chi connectivity index (χ3n) is 1.51. The Balaban J connectivity index is 3.22. The molecule has 72 valence electrons. The van der Waals surface area contributed by atoms with Gasteiger partial charge in [-0.2, -0.15) is 0 Å². The van der Waals surface area contributed by atoms with Crippen LogP contribution in [0.4, 0.5) is 14.6 Å². The van der Waals surface area contributed by atoms with Crippen LogP contribution < -0.4 is 5.73 Å². The summed E-state index contributed by atoms with van der Waals surface area (Å²) in [6, 6.07) is 0.913. The number of aliphatic hydroxyl groups excluding tert-OH is 1. The van der Waals surface area contributed by atoms with Crippen molar-refractivity contribution >= 4 is 5.82 Å². The molecular weight excluding hydrogens is 182 g/mol. The van der Waals surface area contributed by atoms with E-state index in [4.69, 9.17) is 15.9 Å². The average molecular weight is 190 g/mol. The van der Waals surface area contributed by atoms with Crippen molar-refractivity contribution in [3.63, 3.8) is 0 Å². The summed E-state index contributed by atoms with van der Waals surface area (Å²) in [5, 5.41) is 17.8. The summed E-state index contributed by atoms with van der Waals surface area (Å²) in [4.78, 5) is 3.25. The van der Waals surface area contributed by atoms with Crippen molar-refractivity contribution < 1.29 is 19.0 Å². The fraction of sp³-hybridized carbons (Fsp3) is 0.286. The van der Waals surface area contributed by atoms with E-state index < -0.39 is 30.3 Å². The van der Waals surface area contributed by atoms with Gasteiger partial charge in [0.2, 0.25) is 0 Å². The second-order valence-electron chi connectivity index (χ2n) is 2.40. The zero-order valence-electron chi connectivity index (χ0n) is 6.54. The van der Waals surface area contributed by atoms with E-state index in [2.05, 4.69) is 4.98 Å². The van der Waals surface area contributed by atoms with E-state index >= 15 is 0 Å². The van der Waals surface area contributed by atoms with Crippen molar-refractivity contribution in [2.24, 2.45) is 0 Å². The van der Waals surface area contributed by atoms with Gasteiger partial charge in [0, 0.05) is 5.56 Å². The van der Waals surface area contributed by atoms with Crippen LogP contribution in [0.15, 0.2) is 6.07 Å². The Hall–Kier alpha value is -1.43. The first kappa shape index (κ1) is 9.66. The number of nitrogen functional groups attached to an aromatic ring is 1. The van der Waals surface area contributed by atoms with Crippen molar-refractivity contribution in [2.45, 2.75) is 13.0 Å². The Morgan fingerprint density at radius 1 is 1.54 bits per heavy atom. The molecule has 0 unspecified atom stereocenters. The molecule has 1 aromatic heterocycles. The summed E-state index contributed by atoms with van der Waals surface area (Å²) in [6.45, 7) is -0.557. The maximum Gasteiger partial charge on any atom is 0.280 e. The number of anilines is 1. The largest absolute Gasteiger partial charge is 0.504 e. The van der Waals surface area contributed by atoms with Crippen LogP contribution >= 0.6 is 0 Å². The third-order valence-corrected chi connectivity index (χ3v) is 1.51. The molecule has 1 rings (SSSR count). The van der Waals surface area contributed by atoms with Crippen LogP contribution in [-0.4, -0.2) is 15.2 Å². The zero-order chi connectivity index (χ0) is 10.0. The van der Waals surface area contributed by atoms with E-state index in [1.165, 1.54) is 0 Å². The second kappa shape index (κ2) is 3.53. The Kier molecular flexibility index (Phi) is 2.62. The SMILES string of the molecule is Nc1nc(C(F)F)cc(CO)c1O. The van der Waals surface area contributed by atoms with E-state index in [1.54, 1.807) is 0 Å². The molecule has 0 saturated carbocycles. The number of hydrogen-bond acceptors (Lipinski definition) is 4. The predicted octanol–water partition coefficient (Wildman–Crippen LogP) is 0.799. The second-order valence-corrected chi connectivity index (χ2v) is 2.40. The van der Waals surface area contributed by atoms with E-state index in [9.17, 15) is 8.78 Å². The van der Waals surface area contributed by atoms with Crippen LogP contribution in [0.2, 0.25) is 0 Å². The molecule has 0 saturated heterocycles. The molecule has 0 spiro atoms. The number of hydrogen-bond donors (Lipinski definition) is 3. The fourth-order valence-corrected chi connectivity index (χ4v) is 0.868. The van der Waals surface area contributed by atoms with Gasteiger partial charge in [-0.05, 0) is 6.07 Å². The molecule has 0 atom stereocenters. The number of aromatic nitrogens is 1. The van der Waals surface area contributed by atoms with Crippen molar-refractivity contribution in [1.82, 2.24) is 4.98 Å². The molecule has 0 amide bonds. The molecule has 1 aromatic rings. The number of aromatic hydroxyl groups is 1. The number of halogens is 2. The molecule has 0 aromatic carbocycles. The number of aliphatic hydroxyl groups is 1. The van der Waals surface area contributed by atoms with Gasteiger partial charge in [0.15, 0.2) is 11.6 Å². The molecule has 0 aliphatic rings. The number of pyridine rings is 1. The highest BCUT2D eigenvalue weighted by Gasteiger charge is 2.14. The van der Waals surface area contributed by atoms with Crippen LogP contribution in [-0.2, 0) is 6.61 Å². The molecule has 13 heavy (non-hydrogen) atoms. The Morgan fingerprint density at radius 3 is 2.62 bits per heavy atom. The van der Waals surface area contributed by atoms with Crippen LogP contribution in [0.1, 0.15) is 17.7 Å². The lowest BCUT2D eigenvalue weighted by molar-refractivity contribution is 0.145. The van der Waals surface area contributed by atoms with Gasteiger partial charge in [0.25, 0.3) is 6.43 Å². The smallest absolute Gasteiger partial charge is 0.280 e.